The van der Waals surface area contributed by atoms with Gasteiger partial charge in [-0.2, -0.15) is 8.78 Å². The molecule has 0 heterocycles. The van der Waals surface area contributed by atoms with E-state index in [-0.39, 0.29) is 5.56 Å². The molecule has 2 nitrogen and oxygen atoms in total. The molecule has 0 saturated heterocycles. The highest BCUT2D eigenvalue weighted by Crippen LogP contribution is 2.15. The van der Waals surface area contributed by atoms with Crippen molar-refractivity contribution in [3.8, 4) is 0 Å². The van der Waals surface area contributed by atoms with Crippen LogP contribution in [0.5, 0.6) is 0 Å². The zero-order valence-electron chi connectivity index (χ0n) is 7.95. The van der Waals surface area contributed by atoms with Crippen LogP contribution in [0.25, 0.3) is 0 Å². The largest absolute Gasteiger partial charge is 0.455 e. The summed E-state index contributed by atoms with van der Waals surface area (Å²) in [5.41, 5.74) is 0.248. The van der Waals surface area contributed by atoms with Gasteiger partial charge in [0.25, 0.3) is 5.92 Å². The van der Waals surface area contributed by atoms with Gasteiger partial charge in [-0.3, -0.25) is 0 Å². The smallest absolute Gasteiger partial charge is 0.338 e. The van der Waals surface area contributed by atoms with E-state index >= 15 is 0 Å². The van der Waals surface area contributed by atoms with Crippen LogP contribution in [0.4, 0.5) is 8.78 Å². The molecule has 0 spiro atoms. The molecular formula is C11H10F2O2. The Hall–Kier alpha value is -1.71. The van der Waals surface area contributed by atoms with Crippen molar-refractivity contribution in [2.75, 3.05) is 6.61 Å². The average Bonchev–Trinajstić information content (AvgIpc) is 2.27. The predicted molar refractivity (Wildman–Crippen MR) is 51.9 cm³/mol. The van der Waals surface area contributed by atoms with Gasteiger partial charge in [0, 0.05) is 0 Å². The number of hydrogen-bond acceptors (Lipinski definition) is 2. The molecule has 0 fully saturated rings. The van der Waals surface area contributed by atoms with Crippen LogP contribution in [0, 0.1) is 0 Å². The predicted octanol–water partition coefficient (Wildman–Crippen LogP) is 2.66. The van der Waals surface area contributed by atoms with Crippen LogP contribution in [-0.2, 0) is 4.74 Å². The van der Waals surface area contributed by atoms with E-state index in [1.807, 2.05) is 0 Å². The molecule has 0 aliphatic rings. The highest BCUT2D eigenvalue weighted by Gasteiger charge is 2.26. The third-order valence-corrected chi connectivity index (χ3v) is 1.70. The van der Waals surface area contributed by atoms with Crippen molar-refractivity contribution in [3.05, 3.63) is 48.6 Å². The minimum Gasteiger partial charge on any atom is -0.455 e. The second kappa shape index (κ2) is 4.68. The first-order valence-electron chi connectivity index (χ1n) is 4.29. The van der Waals surface area contributed by atoms with E-state index in [0.717, 1.165) is 0 Å². The maximum atomic E-state index is 12.6. The Kier molecular flexibility index (Phi) is 3.55. The van der Waals surface area contributed by atoms with E-state index in [4.69, 9.17) is 0 Å². The number of hydrogen-bond donors (Lipinski definition) is 0. The van der Waals surface area contributed by atoms with Gasteiger partial charge in [0.2, 0.25) is 0 Å². The minimum absolute atomic E-state index is 0.248. The van der Waals surface area contributed by atoms with Crippen LogP contribution >= 0.6 is 0 Å². The van der Waals surface area contributed by atoms with E-state index < -0.39 is 18.5 Å². The van der Waals surface area contributed by atoms with Crippen molar-refractivity contribution in [2.45, 2.75) is 5.92 Å². The third kappa shape index (κ3) is 3.50. The first kappa shape index (κ1) is 11.4. The molecule has 0 N–H and O–H groups in total. The number of carbonyl (C=O) groups excluding carboxylic acids is 1. The molecule has 0 bridgehead atoms. The zero-order valence-corrected chi connectivity index (χ0v) is 7.95. The van der Waals surface area contributed by atoms with Crippen molar-refractivity contribution in [3.63, 3.8) is 0 Å². The summed E-state index contributed by atoms with van der Waals surface area (Å²) < 4.78 is 29.7. The van der Waals surface area contributed by atoms with Crippen molar-refractivity contribution < 1.29 is 18.3 Å². The van der Waals surface area contributed by atoms with E-state index in [9.17, 15) is 13.6 Å². The number of carbonyl (C=O) groups is 1. The van der Waals surface area contributed by atoms with Crippen LogP contribution in [0.15, 0.2) is 43.0 Å². The minimum atomic E-state index is -3.18. The SMILES string of the molecule is C=CC(F)(F)COC(=O)c1ccccc1. The molecular weight excluding hydrogens is 202 g/mol. The van der Waals surface area contributed by atoms with Crippen LogP contribution < -0.4 is 0 Å². The molecule has 0 radical (unpaired) electrons. The van der Waals surface area contributed by atoms with Gasteiger partial charge < -0.3 is 4.74 Å². The highest BCUT2D eigenvalue weighted by molar-refractivity contribution is 5.89. The molecule has 0 aliphatic heterocycles. The Morgan fingerprint density at radius 2 is 2.00 bits per heavy atom. The number of rotatable bonds is 4. The quantitative estimate of drug-likeness (QED) is 0.566. The zero-order chi connectivity index (χ0) is 11.3. The molecule has 4 heteroatoms. The number of halogens is 2. The fourth-order valence-electron chi connectivity index (χ4n) is 0.878. The molecule has 0 saturated carbocycles. The lowest BCUT2D eigenvalue weighted by molar-refractivity contribution is -0.0258. The Labute approximate surface area is 86.2 Å². The number of esters is 1. The second-order valence-corrected chi connectivity index (χ2v) is 2.91. The van der Waals surface area contributed by atoms with Gasteiger partial charge in [-0.1, -0.05) is 24.8 Å². The molecule has 0 unspecified atom stereocenters. The number of benzene rings is 1. The number of alkyl halides is 2. The number of ether oxygens (including phenoxy) is 1. The maximum Gasteiger partial charge on any atom is 0.338 e. The molecule has 15 heavy (non-hydrogen) atoms. The first-order chi connectivity index (χ1) is 7.05. The summed E-state index contributed by atoms with van der Waals surface area (Å²) >= 11 is 0. The van der Waals surface area contributed by atoms with E-state index in [0.29, 0.717) is 6.08 Å². The molecule has 0 amide bonds. The molecule has 80 valence electrons. The molecule has 1 aromatic rings. The van der Waals surface area contributed by atoms with Crippen molar-refractivity contribution >= 4 is 5.97 Å². The Morgan fingerprint density at radius 3 is 2.53 bits per heavy atom. The summed E-state index contributed by atoms with van der Waals surface area (Å²) in [6.45, 7) is 1.96. The van der Waals surface area contributed by atoms with Crippen molar-refractivity contribution in [2.24, 2.45) is 0 Å². The van der Waals surface area contributed by atoms with Crippen LogP contribution in [-0.4, -0.2) is 18.5 Å². The van der Waals surface area contributed by atoms with Crippen molar-refractivity contribution in [1.29, 1.82) is 0 Å². The van der Waals surface area contributed by atoms with Gasteiger partial charge in [-0.15, -0.1) is 0 Å². The summed E-state index contributed by atoms with van der Waals surface area (Å²) in [6.07, 6.45) is 0.450. The molecule has 0 aromatic heterocycles. The molecule has 1 rings (SSSR count). The monoisotopic (exact) mass is 212 g/mol. The summed E-state index contributed by atoms with van der Waals surface area (Å²) in [6, 6.07) is 7.96. The fourth-order valence-corrected chi connectivity index (χ4v) is 0.878. The maximum absolute atomic E-state index is 12.6. The lowest BCUT2D eigenvalue weighted by Gasteiger charge is -2.11. The first-order valence-corrected chi connectivity index (χ1v) is 4.29. The Balaban J connectivity index is 2.55. The van der Waals surface area contributed by atoms with Gasteiger partial charge in [0.15, 0.2) is 6.61 Å². The summed E-state index contributed by atoms with van der Waals surface area (Å²) in [7, 11) is 0. The Bertz CT molecular complexity index is 347. The van der Waals surface area contributed by atoms with Gasteiger partial charge in [-0.05, 0) is 18.2 Å². The van der Waals surface area contributed by atoms with E-state index in [1.165, 1.54) is 12.1 Å². The Morgan fingerprint density at radius 1 is 1.40 bits per heavy atom. The van der Waals surface area contributed by atoms with Crippen LogP contribution in [0.1, 0.15) is 10.4 Å². The topological polar surface area (TPSA) is 26.3 Å². The second-order valence-electron chi connectivity index (χ2n) is 2.91. The average molecular weight is 212 g/mol. The molecule has 0 aliphatic carbocycles. The van der Waals surface area contributed by atoms with Gasteiger partial charge >= 0.3 is 5.97 Å². The van der Waals surface area contributed by atoms with Gasteiger partial charge in [0.05, 0.1) is 5.56 Å². The van der Waals surface area contributed by atoms with Crippen molar-refractivity contribution in [1.82, 2.24) is 0 Å². The lowest BCUT2D eigenvalue weighted by Crippen LogP contribution is -2.22. The third-order valence-electron chi connectivity index (χ3n) is 1.70. The summed E-state index contributed by atoms with van der Waals surface area (Å²) in [4.78, 5) is 11.2. The highest BCUT2D eigenvalue weighted by atomic mass is 19.3. The van der Waals surface area contributed by atoms with Crippen LogP contribution in [0.2, 0.25) is 0 Å². The summed E-state index contributed by atoms with van der Waals surface area (Å²) in [5, 5.41) is 0. The normalized spacial score (nSPS) is 10.8. The van der Waals surface area contributed by atoms with E-state index in [1.54, 1.807) is 18.2 Å². The summed E-state index contributed by atoms with van der Waals surface area (Å²) in [5.74, 6) is -3.94. The van der Waals surface area contributed by atoms with Gasteiger partial charge in [0.1, 0.15) is 0 Å². The van der Waals surface area contributed by atoms with E-state index in [2.05, 4.69) is 11.3 Å². The fraction of sp³-hybridized carbons (Fsp3) is 0.182. The molecule has 1 aromatic carbocycles. The molecule has 0 atom stereocenters. The standard InChI is InChI=1S/C11H10F2O2/c1-2-11(12,13)8-15-10(14)9-6-4-3-5-7-9/h2-7H,1,8H2. The lowest BCUT2D eigenvalue weighted by atomic mass is 10.2. The van der Waals surface area contributed by atoms with Gasteiger partial charge in [-0.25, -0.2) is 4.79 Å². The van der Waals surface area contributed by atoms with Crippen LogP contribution in [0.3, 0.4) is 0 Å².